The van der Waals surface area contributed by atoms with Crippen LogP contribution in [0.25, 0.3) is 10.3 Å². The number of nitrogens with zero attached hydrogens (tertiary/aromatic N) is 5. The van der Waals surface area contributed by atoms with E-state index < -0.39 is 41.6 Å². The van der Waals surface area contributed by atoms with Gasteiger partial charge in [-0.25, -0.2) is 19.6 Å². The van der Waals surface area contributed by atoms with Crippen LogP contribution in [0.15, 0.2) is 102 Å². The molecular formula is C60H69N5O14S. The first-order chi connectivity index (χ1) is 38.8. The smallest absolute Gasteiger partial charge is 0.330 e. The maximum absolute atomic E-state index is 13.7. The van der Waals surface area contributed by atoms with Crippen LogP contribution in [0.4, 0.5) is 5.13 Å². The molecule has 3 aromatic carbocycles. The van der Waals surface area contributed by atoms with Crippen molar-refractivity contribution >= 4 is 62.6 Å². The van der Waals surface area contributed by atoms with Crippen LogP contribution in [0.3, 0.4) is 0 Å². The number of aromatic nitrogens is 3. The summed E-state index contributed by atoms with van der Waals surface area (Å²) in [7, 11) is 0. The average molecular weight is 1120 g/mol. The van der Waals surface area contributed by atoms with Crippen LogP contribution in [0.1, 0.15) is 120 Å². The maximum Gasteiger partial charge on any atom is 0.330 e. The van der Waals surface area contributed by atoms with Crippen LogP contribution in [-0.2, 0) is 44.8 Å². The fourth-order valence-electron chi connectivity index (χ4n) is 9.23. The van der Waals surface area contributed by atoms with Crippen LogP contribution in [0.5, 0.6) is 34.5 Å². The first-order valence-corrected chi connectivity index (χ1v) is 28.2. The molecule has 2 fully saturated rings. The Hall–Kier alpha value is -7.87. The van der Waals surface area contributed by atoms with Crippen molar-refractivity contribution in [1.29, 1.82) is 0 Å². The zero-order valence-corrected chi connectivity index (χ0v) is 46.3. The molecule has 2 aliphatic rings. The van der Waals surface area contributed by atoms with Crippen molar-refractivity contribution in [3.8, 4) is 34.5 Å². The van der Waals surface area contributed by atoms with Gasteiger partial charge in [-0.2, -0.15) is 10.1 Å². The normalized spacial score (nSPS) is 17.0. The summed E-state index contributed by atoms with van der Waals surface area (Å²) in [5.74, 6) is -0.976. The summed E-state index contributed by atoms with van der Waals surface area (Å²) >= 11 is 1.30. The molecular weight excluding hydrogens is 1050 g/mol. The number of ether oxygens (including phenoxy) is 8. The number of unbranched alkanes of at least 4 members (excludes halogenated alkanes) is 6. The number of aryl methyl sites for hydroxylation is 2. The summed E-state index contributed by atoms with van der Waals surface area (Å²) in [5, 5.41) is 9.13. The summed E-state index contributed by atoms with van der Waals surface area (Å²) in [6.07, 6.45) is 12.7. The molecule has 0 atom stereocenters. The molecule has 0 bridgehead atoms. The molecule has 0 unspecified atom stereocenters. The Morgan fingerprint density at radius 3 is 1.40 bits per heavy atom. The highest BCUT2D eigenvalue weighted by molar-refractivity contribution is 7.22. The van der Waals surface area contributed by atoms with E-state index >= 15 is 0 Å². The highest BCUT2D eigenvalue weighted by atomic mass is 32.1. The van der Waals surface area contributed by atoms with Crippen molar-refractivity contribution in [2.45, 2.75) is 123 Å². The van der Waals surface area contributed by atoms with Gasteiger partial charge < -0.3 is 37.9 Å². The summed E-state index contributed by atoms with van der Waals surface area (Å²) in [6.45, 7) is 12.2. The van der Waals surface area contributed by atoms with Gasteiger partial charge in [0.25, 0.3) is 0 Å². The minimum atomic E-state index is -0.470. The first-order valence-electron chi connectivity index (χ1n) is 27.4. The van der Waals surface area contributed by atoms with Crippen LogP contribution in [0, 0.1) is 37.5 Å². The highest BCUT2D eigenvalue weighted by Crippen LogP contribution is 2.36. The van der Waals surface area contributed by atoms with E-state index in [1.807, 2.05) is 6.92 Å². The third-order valence-corrected chi connectivity index (χ3v) is 14.7. The molecule has 19 nitrogen and oxygen atoms in total. The number of carbonyl (C=O) groups is 6. The fraction of sp³-hybridized carbons (Fsp3) is 0.450. The topological polar surface area (TPSA) is 240 Å². The van der Waals surface area contributed by atoms with Gasteiger partial charge in [0.15, 0.2) is 5.65 Å². The molecule has 424 valence electrons. The Morgan fingerprint density at radius 2 is 0.938 bits per heavy atom. The number of hydrogen-bond donors (Lipinski definition) is 0. The third kappa shape index (κ3) is 18.9. The van der Waals surface area contributed by atoms with Crippen LogP contribution in [-0.4, -0.2) is 77.2 Å². The second-order valence-corrected chi connectivity index (χ2v) is 20.6. The maximum atomic E-state index is 13.7. The van der Waals surface area contributed by atoms with Crippen molar-refractivity contribution < 1.29 is 66.7 Å². The average Bonchev–Trinajstić information content (AvgIpc) is 3.90. The zero-order valence-electron chi connectivity index (χ0n) is 45.4. The van der Waals surface area contributed by atoms with Gasteiger partial charge >= 0.3 is 35.8 Å². The molecule has 2 aromatic heterocycles. The van der Waals surface area contributed by atoms with Gasteiger partial charge in [-0.3, -0.25) is 19.2 Å². The number of fused-ring (bicyclic) bond motifs is 1. The molecule has 2 aliphatic carbocycles. The van der Waals surface area contributed by atoms with Gasteiger partial charge in [0, 0.05) is 17.7 Å². The zero-order chi connectivity index (χ0) is 56.6. The van der Waals surface area contributed by atoms with Gasteiger partial charge in [-0.15, -0.1) is 5.11 Å². The second-order valence-electron chi connectivity index (χ2n) is 19.7. The van der Waals surface area contributed by atoms with E-state index in [-0.39, 0.29) is 35.9 Å². The molecule has 0 aliphatic heterocycles. The number of esters is 6. The van der Waals surface area contributed by atoms with Crippen molar-refractivity contribution in [2.75, 3.05) is 26.4 Å². The van der Waals surface area contributed by atoms with Crippen LogP contribution >= 0.6 is 11.3 Å². The lowest BCUT2D eigenvalue weighted by Crippen LogP contribution is -2.30. The second kappa shape index (κ2) is 31.1. The van der Waals surface area contributed by atoms with Crippen molar-refractivity contribution in [1.82, 2.24) is 15.0 Å². The quantitative estimate of drug-likeness (QED) is 0.0142. The number of rotatable bonds is 29. The number of hydrogen-bond acceptors (Lipinski definition) is 20. The standard InChI is InChI=1S/C60H69N5O14S/c1-5-52(66)74-35-13-9-7-11-33-72-46-23-27-48(28-24-46)76-56(68)41-15-17-43(18-16-41)58(70)78-50-31-32-51(45(37-50)38-61-65-60-64-55-54(80-60)39(3)62-40(4)63-55)79-59(71)44-21-19-42(20-22-44)57(69)77-49-29-25-47(26-30-49)73-34-12-8-10-14-36-75-53(67)6-2/h5-6,23-32,37,41-44H,1-2,7-22,33-36,38H2,3-4H3. The summed E-state index contributed by atoms with van der Waals surface area (Å²) in [5.41, 5.74) is 1.75. The molecule has 0 saturated heterocycles. The molecule has 2 saturated carbocycles. The Balaban J connectivity index is 0.869. The lowest BCUT2D eigenvalue weighted by molar-refractivity contribution is -0.145. The number of azo groups is 1. The van der Waals surface area contributed by atoms with Gasteiger partial charge in [-0.05, 0) is 183 Å². The number of carbonyl (C=O) groups excluding carboxylic acids is 6. The van der Waals surface area contributed by atoms with Crippen molar-refractivity contribution in [3.05, 3.63) is 109 Å². The molecule has 0 N–H and O–H groups in total. The first kappa shape index (κ1) is 59.8. The third-order valence-electron chi connectivity index (χ3n) is 13.7. The Morgan fingerprint density at radius 1 is 0.525 bits per heavy atom. The van der Waals surface area contributed by atoms with Gasteiger partial charge in [0.2, 0.25) is 5.13 Å². The SMILES string of the molecule is C=CC(=O)OCCCCCCOc1ccc(OC(=O)C2CCC(C(=O)Oc3ccc(OC(=O)C4CCC(C(=O)Oc5ccc(OCCCCCCOC(=O)C=C)cc5)CC4)c(CN=Nc4nc5nc(C)nc(C)c5s4)c3)CC2)cc1. The molecule has 7 rings (SSSR count). The summed E-state index contributed by atoms with van der Waals surface area (Å²) < 4.78 is 45.8. The van der Waals surface area contributed by atoms with E-state index in [4.69, 9.17) is 37.9 Å². The molecule has 2 heterocycles. The number of benzene rings is 3. The Kier molecular flexibility index (Phi) is 23.2. The largest absolute Gasteiger partial charge is 0.494 e. The van der Waals surface area contributed by atoms with Crippen LogP contribution < -0.4 is 28.4 Å². The molecule has 20 heteroatoms. The van der Waals surface area contributed by atoms with E-state index in [9.17, 15) is 28.8 Å². The lowest BCUT2D eigenvalue weighted by atomic mass is 9.82. The summed E-state index contributed by atoms with van der Waals surface area (Å²) in [4.78, 5) is 89.3. The molecule has 0 amide bonds. The van der Waals surface area contributed by atoms with E-state index in [2.05, 4.69) is 38.3 Å². The molecule has 80 heavy (non-hydrogen) atoms. The van der Waals surface area contributed by atoms with Gasteiger partial charge in [0.05, 0.1) is 67.0 Å². The highest BCUT2D eigenvalue weighted by Gasteiger charge is 2.34. The molecule has 5 aromatic rings. The predicted octanol–water partition coefficient (Wildman–Crippen LogP) is 12.0. The molecule has 0 spiro atoms. The minimum absolute atomic E-state index is 0.0422. The Labute approximate surface area is 469 Å². The van der Waals surface area contributed by atoms with Crippen molar-refractivity contribution in [3.63, 3.8) is 0 Å². The van der Waals surface area contributed by atoms with Gasteiger partial charge in [-0.1, -0.05) is 24.5 Å². The fourth-order valence-corrected chi connectivity index (χ4v) is 10.0. The molecule has 0 radical (unpaired) electrons. The van der Waals surface area contributed by atoms with E-state index in [0.717, 1.165) is 73.9 Å². The number of thiazole rings is 1. The monoisotopic (exact) mass is 1120 g/mol. The van der Waals surface area contributed by atoms with E-state index in [1.54, 1.807) is 73.7 Å². The predicted molar refractivity (Wildman–Crippen MR) is 296 cm³/mol. The Bertz CT molecular complexity index is 2950. The van der Waals surface area contributed by atoms with E-state index in [1.165, 1.54) is 11.3 Å². The van der Waals surface area contributed by atoms with Gasteiger partial charge in [0.1, 0.15) is 40.3 Å². The van der Waals surface area contributed by atoms with E-state index in [0.29, 0.717) is 123 Å². The van der Waals surface area contributed by atoms with Crippen LogP contribution in [0.2, 0.25) is 0 Å². The minimum Gasteiger partial charge on any atom is -0.494 e. The van der Waals surface area contributed by atoms with Crippen molar-refractivity contribution in [2.24, 2.45) is 33.9 Å². The summed E-state index contributed by atoms with van der Waals surface area (Å²) in [6, 6.07) is 18.5. The lowest BCUT2D eigenvalue weighted by Gasteiger charge is -2.26.